The molecule has 0 saturated heterocycles. The quantitative estimate of drug-likeness (QED) is 0.913. The van der Waals surface area contributed by atoms with Gasteiger partial charge in [0.15, 0.2) is 6.61 Å². The maximum atomic E-state index is 11.3. The Balaban J connectivity index is 1.73. The van der Waals surface area contributed by atoms with Crippen molar-refractivity contribution in [3.8, 4) is 5.75 Å². The Kier molecular flexibility index (Phi) is 3.31. The van der Waals surface area contributed by atoms with Gasteiger partial charge in [0.05, 0.1) is 5.56 Å². The molecule has 0 bridgehead atoms. The third-order valence-electron chi connectivity index (χ3n) is 2.97. The van der Waals surface area contributed by atoms with E-state index in [9.17, 15) is 4.79 Å². The van der Waals surface area contributed by atoms with Gasteiger partial charge in [0.2, 0.25) is 5.89 Å². The monoisotopic (exact) mass is 293 g/mol. The average molecular weight is 294 g/mol. The minimum Gasteiger partial charge on any atom is -0.483 e. The molecule has 20 heavy (non-hydrogen) atoms. The van der Waals surface area contributed by atoms with E-state index in [2.05, 4.69) is 10.2 Å². The zero-order valence-electron chi connectivity index (χ0n) is 10.5. The number of carbonyl (C=O) groups excluding carboxylic acids is 1. The van der Waals surface area contributed by atoms with Crippen molar-refractivity contribution in [2.75, 3.05) is 0 Å². The van der Waals surface area contributed by atoms with Crippen molar-refractivity contribution >= 4 is 17.5 Å². The molecule has 1 fully saturated rings. The molecule has 0 aliphatic heterocycles. The largest absolute Gasteiger partial charge is 0.483 e. The van der Waals surface area contributed by atoms with Crippen LogP contribution in [0.5, 0.6) is 5.75 Å². The Hall–Kier alpha value is -2.08. The minimum absolute atomic E-state index is 0.0698. The van der Waals surface area contributed by atoms with Crippen LogP contribution in [0.2, 0.25) is 5.02 Å². The first-order valence-corrected chi connectivity index (χ1v) is 6.55. The smallest absolute Gasteiger partial charge is 0.253 e. The van der Waals surface area contributed by atoms with Gasteiger partial charge in [-0.05, 0) is 31.0 Å². The minimum atomic E-state index is -0.583. The number of carbonyl (C=O) groups is 1. The summed E-state index contributed by atoms with van der Waals surface area (Å²) >= 11 is 5.87. The molecule has 1 amide bonds. The Morgan fingerprint density at radius 2 is 2.25 bits per heavy atom. The number of halogens is 1. The second-order valence-corrected chi connectivity index (χ2v) is 5.04. The van der Waals surface area contributed by atoms with Crippen LogP contribution in [0, 0.1) is 0 Å². The highest BCUT2D eigenvalue weighted by Crippen LogP contribution is 2.39. The summed E-state index contributed by atoms with van der Waals surface area (Å²) in [4.78, 5) is 11.3. The molecule has 1 saturated carbocycles. The van der Waals surface area contributed by atoms with Crippen LogP contribution in [0.1, 0.15) is 40.9 Å². The first-order chi connectivity index (χ1) is 9.63. The van der Waals surface area contributed by atoms with E-state index in [0.29, 0.717) is 28.5 Å². The van der Waals surface area contributed by atoms with Crippen molar-refractivity contribution in [3.63, 3.8) is 0 Å². The van der Waals surface area contributed by atoms with Gasteiger partial charge in [0.25, 0.3) is 11.8 Å². The molecule has 2 N–H and O–H groups in total. The summed E-state index contributed by atoms with van der Waals surface area (Å²) in [5.41, 5.74) is 5.53. The van der Waals surface area contributed by atoms with Crippen molar-refractivity contribution in [3.05, 3.63) is 40.6 Å². The summed E-state index contributed by atoms with van der Waals surface area (Å²) in [5, 5.41) is 8.30. The Labute approximate surface area is 119 Å². The van der Waals surface area contributed by atoms with E-state index < -0.39 is 5.91 Å². The zero-order chi connectivity index (χ0) is 14.1. The number of rotatable bonds is 5. The van der Waals surface area contributed by atoms with E-state index in [4.69, 9.17) is 26.5 Å². The van der Waals surface area contributed by atoms with Crippen molar-refractivity contribution in [1.29, 1.82) is 0 Å². The highest BCUT2D eigenvalue weighted by atomic mass is 35.5. The molecule has 6 nitrogen and oxygen atoms in total. The number of nitrogens with two attached hydrogens (primary N) is 1. The highest BCUT2D eigenvalue weighted by molar-refractivity contribution is 6.30. The van der Waals surface area contributed by atoms with Crippen LogP contribution < -0.4 is 10.5 Å². The molecule has 0 atom stereocenters. The van der Waals surface area contributed by atoms with Gasteiger partial charge >= 0.3 is 0 Å². The van der Waals surface area contributed by atoms with Crippen molar-refractivity contribution in [2.24, 2.45) is 5.73 Å². The van der Waals surface area contributed by atoms with Gasteiger partial charge in [-0.15, -0.1) is 10.2 Å². The molecule has 0 radical (unpaired) electrons. The highest BCUT2D eigenvalue weighted by Gasteiger charge is 2.29. The summed E-state index contributed by atoms with van der Waals surface area (Å²) in [6, 6.07) is 4.62. The van der Waals surface area contributed by atoms with Crippen molar-refractivity contribution in [2.45, 2.75) is 25.4 Å². The topological polar surface area (TPSA) is 91.2 Å². The maximum Gasteiger partial charge on any atom is 0.253 e. The summed E-state index contributed by atoms with van der Waals surface area (Å²) < 4.78 is 11.0. The number of primary amides is 1. The fraction of sp³-hybridized carbons (Fsp3) is 0.308. The van der Waals surface area contributed by atoms with Crippen molar-refractivity contribution < 1.29 is 13.9 Å². The van der Waals surface area contributed by atoms with Crippen molar-refractivity contribution in [1.82, 2.24) is 10.2 Å². The number of ether oxygens (including phenoxy) is 1. The first-order valence-electron chi connectivity index (χ1n) is 6.18. The Morgan fingerprint density at radius 1 is 1.45 bits per heavy atom. The van der Waals surface area contributed by atoms with E-state index in [0.717, 1.165) is 12.8 Å². The molecule has 7 heteroatoms. The van der Waals surface area contributed by atoms with E-state index in [1.807, 2.05) is 0 Å². The molecule has 1 aliphatic rings. The summed E-state index contributed by atoms with van der Waals surface area (Å²) in [7, 11) is 0. The number of amides is 1. The molecule has 0 spiro atoms. The standard InChI is InChI=1S/C13H12ClN3O3/c14-8-3-4-9(12(15)18)10(5-8)19-6-11-16-17-13(20-11)7-1-2-7/h3-5,7H,1-2,6H2,(H2,15,18). The average Bonchev–Trinajstić information content (AvgIpc) is 3.15. The predicted molar refractivity (Wildman–Crippen MR) is 70.6 cm³/mol. The second-order valence-electron chi connectivity index (χ2n) is 4.60. The van der Waals surface area contributed by atoms with Gasteiger partial charge < -0.3 is 14.9 Å². The molecule has 1 aromatic carbocycles. The number of nitrogens with zero attached hydrogens (tertiary/aromatic N) is 2. The van der Waals surface area contributed by atoms with E-state index >= 15 is 0 Å². The lowest BCUT2D eigenvalue weighted by Crippen LogP contribution is -2.13. The van der Waals surface area contributed by atoms with E-state index in [1.54, 1.807) is 6.07 Å². The van der Waals surface area contributed by atoms with Gasteiger partial charge in [0.1, 0.15) is 5.75 Å². The molecule has 1 aliphatic carbocycles. The van der Waals surface area contributed by atoms with Crippen LogP contribution >= 0.6 is 11.6 Å². The molecule has 1 heterocycles. The van der Waals surface area contributed by atoms with Crippen LogP contribution in [0.25, 0.3) is 0 Å². The van der Waals surface area contributed by atoms with Gasteiger partial charge in [0, 0.05) is 10.9 Å². The maximum absolute atomic E-state index is 11.3. The molecule has 3 rings (SSSR count). The lowest BCUT2D eigenvalue weighted by Gasteiger charge is -2.07. The normalized spacial score (nSPS) is 14.2. The van der Waals surface area contributed by atoms with E-state index in [-0.39, 0.29) is 12.2 Å². The van der Waals surface area contributed by atoms with Gasteiger partial charge in [-0.1, -0.05) is 11.6 Å². The van der Waals surface area contributed by atoms with E-state index in [1.165, 1.54) is 12.1 Å². The zero-order valence-corrected chi connectivity index (χ0v) is 11.3. The first kappa shape index (κ1) is 12.9. The van der Waals surface area contributed by atoms with Crippen LogP contribution in [-0.4, -0.2) is 16.1 Å². The molecule has 104 valence electrons. The summed E-state index contributed by atoms with van der Waals surface area (Å²) in [5.74, 6) is 1.12. The van der Waals surface area contributed by atoms with Gasteiger partial charge in [-0.2, -0.15) is 0 Å². The lowest BCUT2D eigenvalue weighted by atomic mass is 10.2. The van der Waals surface area contributed by atoms with Crippen LogP contribution in [0.3, 0.4) is 0 Å². The number of aromatic nitrogens is 2. The molecular formula is C13H12ClN3O3. The number of hydrogen-bond donors (Lipinski definition) is 1. The van der Waals surface area contributed by atoms with Crippen LogP contribution in [-0.2, 0) is 6.61 Å². The third-order valence-corrected chi connectivity index (χ3v) is 3.20. The van der Waals surface area contributed by atoms with Crippen LogP contribution in [0.4, 0.5) is 0 Å². The van der Waals surface area contributed by atoms with Gasteiger partial charge in [-0.3, -0.25) is 4.79 Å². The fourth-order valence-corrected chi connectivity index (χ4v) is 1.94. The Bertz CT molecular complexity index is 652. The van der Waals surface area contributed by atoms with Crippen LogP contribution in [0.15, 0.2) is 22.6 Å². The molecule has 2 aromatic rings. The van der Waals surface area contributed by atoms with Gasteiger partial charge in [-0.25, -0.2) is 0 Å². The number of benzene rings is 1. The summed E-state index contributed by atoms with van der Waals surface area (Å²) in [6.45, 7) is 0.0698. The third kappa shape index (κ3) is 2.75. The molecule has 0 unspecified atom stereocenters. The summed E-state index contributed by atoms with van der Waals surface area (Å²) in [6.07, 6.45) is 2.17. The Morgan fingerprint density at radius 3 is 2.95 bits per heavy atom. The number of hydrogen-bond acceptors (Lipinski definition) is 5. The molecular weight excluding hydrogens is 282 g/mol. The fourth-order valence-electron chi connectivity index (χ4n) is 1.78. The lowest BCUT2D eigenvalue weighted by molar-refractivity contribution is 0.0995. The second kappa shape index (κ2) is 5.13. The molecule has 1 aromatic heterocycles. The predicted octanol–water partition coefficient (Wildman–Crippen LogP) is 2.28. The SMILES string of the molecule is NC(=O)c1ccc(Cl)cc1OCc1nnc(C2CC2)o1.